The van der Waals surface area contributed by atoms with E-state index in [1.165, 1.54) is 11.1 Å². The summed E-state index contributed by atoms with van der Waals surface area (Å²) in [6.07, 6.45) is 0. The Balaban J connectivity index is 0.000000427. The van der Waals surface area contributed by atoms with Gasteiger partial charge in [-0.2, -0.15) is 0 Å². The number of aliphatic carboxylic acids is 2. The second kappa shape index (κ2) is 11.0. The summed E-state index contributed by atoms with van der Waals surface area (Å²) in [6, 6.07) is 12.2. The lowest BCUT2D eigenvalue weighted by Gasteiger charge is -2.35. The third kappa shape index (κ3) is 6.25. The van der Waals surface area contributed by atoms with Gasteiger partial charge in [0, 0.05) is 44.3 Å². The first-order chi connectivity index (χ1) is 15.4. The summed E-state index contributed by atoms with van der Waals surface area (Å²) in [4.78, 5) is 23.1. The van der Waals surface area contributed by atoms with Crippen molar-refractivity contribution in [2.24, 2.45) is 0 Å². The Hall–Kier alpha value is -3.01. The molecule has 0 amide bonds. The van der Waals surface area contributed by atoms with Crippen LogP contribution in [0.3, 0.4) is 0 Å². The molecule has 10 heteroatoms. The average molecular weight is 465 g/mol. The number of methoxy groups -OCH3 is 1. The van der Waals surface area contributed by atoms with Crippen molar-refractivity contribution in [2.75, 3.05) is 40.1 Å². The molecular formula is C22H25ClN2O7. The second-order valence-electron chi connectivity index (χ2n) is 7.29. The zero-order valence-corrected chi connectivity index (χ0v) is 18.4. The number of ether oxygens (including phenoxy) is 3. The van der Waals surface area contributed by atoms with Crippen LogP contribution >= 0.6 is 11.6 Å². The van der Waals surface area contributed by atoms with Crippen LogP contribution in [0.4, 0.5) is 0 Å². The summed E-state index contributed by atoms with van der Waals surface area (Å²) in [7, 11) is 1.66. The zero-order chi connectivity index (χ0) is 23.1. The maximum absolute atomic E-state index is 9.10. The fourth-order valence-corrected chi connectivity index (χ4v) is 3.70. The number of hydrogen-bond donors (Lipinski definition) is 2. The van der Waals surface area contributed by atoms with E-state index in [-0.39, 0.29) is 6.79 Å². The Labute approximate surface area is 190 Å². The van der Waals surface area contributed by atoms with Gasteiger partial charge in [-0.05, 0) is 29.3 Å². The molecule has 1 saturated heterocycles. The third-order valence-electron chi connectivity index (χ3n) is 5.12. The number of benzene rings is 2. The average Bonchev–Trinajstić information content (AvgIpc) is 3.25. The van der Waals surface area contributed by atoms with Crippen molar-refractivity contribution in [1.82, 2.24) is 9.80 Å². The van der Waals surface area contributed by atoms with Gasteiger partial charge in [0.2, 0.25) is 12.5 Å². The topological polar surface area (TPSA) is 109 Å². The maximum atomic E-state index is 9.10. The largest absolute Gasteiger partial charge is 0.493 e. The van der Waals surface area contributed by atoms with Crippen molar-refractivity contribution in [2.45, 2.75) is 13.1 Å². The van der Waals surface area contributed by atoms with Crippen LogP contribution in [0.25, 0.3) is 0 Å². The maximum Gasteiger partial charge on any atom is 0.414 e. The van der Waals surface area contributed by atoms with Crippen LogP contribution in [0.15, 0.2) is 36.4 Å². The van der Waals surface area contributed by atoms with E-state index in [1.54, 1.807) is 7.11 Å². The van der Waals surface area contributed by atoms with Gasteiger partial charge in [-0.3, -0.25) is 9.80 Å². The van der Waals surface area contributed by atoms with E-state index in [0.29, 0.717) is 5.75 Å². The first kappa shape index (κ1) is 23.6. The minimum atomic E-state index is -1.82. The number of nitrogens with zero attached hydrogens (tertiary/aromatic N) is 2. The molecule has 0 spiro atoms. The lowest BCUT2D eigenvalue weighted by Crippen LogP contribution is -2.45. The van der Waals surface area contributed by atoms with Gasteiger partial charge in [-0.15, -0.1) is 0 Å². The molecule has 2 heterocycles. The molecule has 2 N–H and O–H groups in total. The summed E-state index contributed by atoms with van der Waals surface area (Å²) in [5.74, 6) is -1.42. The number of piperazine rings is 1. The highest BCUT2D eigenvalue weighted by Gasteiger charge is 2.22. The number of hydrogen-bond acceptors (Lipinski definition) is 7. The number of halogens is 1. The van der Waals surface area contributed by atoms with E-state index in [0.717, 1.165) is 55.8 Å². The van der Waals surface area contributed by atoms with Crippen molar-refractivity contribution in [3.63, 3.8) is 0 Å². The molecule has 0 aromatic heterocycles. The Bertz CT molecular complexity index is 949. The van der Waals surface area contributed by atoms with Gasteiger partial charge in [-0.1, -0.05) is 29.8 Å². The SMILES string of the molecule is COc1cc(CN2CCN(Cc3ccccc3Cl)CC2)cc2c1OCO2.O=C(O)C(=O)O. The van der Waals surface area contributed by atoms with E-state index >= 15 is 0 Å². The Morgan fingerprint density at radius 3 is 2.22 bits per heavy atom. The summed E-state index contributed by atoms with van der Waals surface area (Å²) in [5, 5.41) is 15.6. The second-order valence-corrected chi connectivity index (χ2v) is 7.69. The molecule has 0 aliphatic carbocycles. The molecule has 2 aromatic rings. The van der Waals surface area contributed by atoms with Crippen molar-refractivity contribution < 1.29 is 34.0 Å². The molecular weight excluding hydrogens is 440 g/mol. The first-order valence-corrected chi connectivity index (χ1v) is 10.4. The van der Waals surface area contributed by atoms with Crippen molar-refractivity contribution in [3.05, 3.63) is 52.5 Å². The molecule has 2 aliphatic rings. The zero-order valence-electron chi connectivity index (χ0n) is 17.6. The first-order valence-electron chi connectivity index (χ1n) is 9.98. The normalized spacial score (nSPS) is 15.6. The van der Waals surface area contributed by atoms with Gasteiger partial charge in [0.15, 0.2) is 11.5 Å². The molecule has 32 heavy (non-hydrogen) atoms. The summed E-state index contributed by atoms with van der Waals surface area (Å²) in [6.45, 7) is 6.18. The van der Waals surface area contributed by atoms with Crippen molar-refractivity contribution in [1.29, 1.82) is 0 Å². The van der Waals surface area contributed by atoms with Crippen LogP contribution in [0.2, 0.25) is 5.02 Å². The van der Waals surface area contributed by atoms with Gasteiger partial charge in [-0.25, -0.2) is 9.59 Å². The number of rotatable bonds is 5. The number of carbonyl (C=O) groups is 2. The minimum Gasteiger partial charge on any atom is -0.493 e. The summed E-state index contributed by atoms with van der Waals surface area (Å²) in [5.41, 5.74) is 2.38. The molecule has 4 rings (SSSR count). The molecule has 2 aromatic carbocycles. The molecule has 9 nitrogen and oxygen atoms in total. The van der Waals surface area contributed by atoms with Gasteiger partial charge < -0.3 is 24.4 Å². The van der Waals surface area contributed by atoms with Crippen molar-refractivity contribution in [3.8, 4) is 17.2 Å². The quantitative estimate of drug-likeness (QED) is 0.645. The van der Waals surface area contributed by atoms with E-state index in [4.69, 9.17) is 45.6 Å². The van der Waals surface area contributed by atoms with Crippen LogP contribution in [0.1, 0.15) is 11.1 Å². The van der Waals surface area contributed by atoms with E-state index < -0.39 is 11.9 Å². The fourth-order valence-electron chi connectivity index (χ4n) is 3.51. The number of fused-ring (bicyclic) bond motifs is 1. The predicted octanol–water partition coefficient (Wildman–Crippen LogP) is 2.55. The lowest BCUT2D eigenvalue weighted by molar-refractivity contribution is -0.159. The lowest BCUT2D eigenvalue weighted by atomic mass is 10.1. The summed E-state index contributed by atoms with van der Waals surface area (Å²) < 4.78 is 16.4. The van der Waals surface area contributed by atoms with Gasteiger partial charge in [0.25, 0.3) is 0 Å². The van der Waals surface area contributed by atoms with Crippen LogP contribution in [-0.2, 0) is 22.7 Å². The number of carboxylic acids is 2. The van der Waals surface area contributed by atoms with Crippen LogP contribution < -0.4 is 14.2 Å². The third-order valence-corrected chi connectivity index (χ3v) is 5.49. The minimum absolute atomic E-state index is 0.260. The molecule has 172 valence electrons. The Morgan fingerprint density at radius 1 is 1.00 bits per heavy atom. The Morgan fingerprint density at radius 2 is 1.62 bits per heavy atom. The van der Waals surface area contributed by atoms with Crippen LogP contribution in [0.5, 0.6) is 17.2 Å². The molecule has 1 fully saturated rings. The number of carboxylic acid groups (broad SMARTS) is 2. The van der Waals surface area contributed by atoms with Crippen LogP contribution in [0, 0.1) is 0 Å². The monoisotopic (exact) mass is 464 g/mol. The molecule has 0 bridgehead atoms. The molecule has 0 saturated carbocycles. The molecule has 2 aliphatic heterocycles. The summed E-state index contributed by atoms with van der Waals surface area (Å²) >= 11 is 6.28. The highest BCUT2D eigenvalue weighted by atomic mass is 35.5. The van der Waals surface area contributed by atoms with Gasteiger partial charge in [0.1, 0.15) is 0 Å². The van der Waals surface area contributed by atoms with E-state index in [1.807, 2.05) is 24.3 Å². The van der Waals surface area contributed by atoms with E-state index in [2.05, 4.69) is 21.9 Å². The van der Waals surface area contributed by atoms with E-state index in [9.17, 15) is 0 Å². The molecule has 0 atom stereocenters. The smallest absolute Gasteiger partial charge is 0.414 e. The predicted molar refractivity (Wildman–Crippen MR) is 116 cm³/mol. The van der Waals surface area contributed by atoms with Gasteiger partial charge in [0.05, 0.1) is 7.11 Å². The fraction of sp³-hybridized carbons (Fsp3) is 0.364. The molecule has 0 unspecified atom stereocenters. The highest BCUT2D eigenvalue weighted by Crippen LogP contribution is 2.42. The van der Waals surface area contributed by atoms with Crippen molar-refractivity contribution >= 4 is 23.5 Å². The Kier molecular flexibility index (Phi) is 8.15. The highest BCUT2D eigenvalue weighted by molar-refractivity contribution is 6.31. The van der Waals surface area contributed by atoms with Gasteiger partial charge >= 0.3 is 11.9 Å². The molecule has 0 radical (unpaired) electrons. The standard InChI is InChI=1S/C20H23ClN2O3.C2H2O4/c1-24-18-10-15(11-19-20(18)26-14-25-19)12-22-6-8-23(9-7-22)13-16-4-2-3-5-17(16)21;3-1(4)2(5)6/h2-5,10-11H,6-9,12-14H2,1H3;(H,3,4)(H,5,6). The van der Waals surface area contributed by atoms with Crippen LogP contribution in [-0.4, -0.2) is 72.0 Å².